The molecule has 3 aliphatic heterocycles. The summed E-state index contributed by atoms with van der Waals surface area (Å²) in [5, 5.41) is 0. The minimum atomic E-state index is -2.80. The lowest BCUT2D eigenvalue weighted by atomic mass is 9.94. The van der Waals surface area contributed by atoms with Crippen molar-refractivity contribution < 1.29 is 18.2 Å². The predicted molar refractivity (Wildman–Crippen MR) is 71.6 cm³/mol. The fraction of sp³-hybridized carbons (Fsp3) is 0.667. The largest absolute Gasteiger partial charge is 0.328 e. The standard InChI is InChI=1S/C12H18O4P2/c1-3-15-17(13)8-7-9-10-5-6-11(12(9)17)18(10,14)16-4-2/h5-12H,3-4H2,1-2H3/t9-,10+,11-,12-,17+,18?/m0/s1. The summed E-state index contributed by atoms with van der Waals surface area (Å²) < 4.78 is 36.8. The van der Waals surface area contributed by atoms with Gasteiger partial charge in [-0.25, -0.2) is 0 Å². The van der Waals surface area contributed by atoms with Crippen LogP contribution in [0, 0.1) is 5.92 Å². The Morgan fingerprint density at radius 3 is 2.33 bits per heavy atom. The first-order valence-corrected chi connectivity index (χ1v) is 9.95. The zero-order valence-electron chi connectivity index (χ0n) is 10.6. The maximum Gasteiger partial charge on any atom is 0.229 e. The van der Waals surface area contributed by atoms with E-state index >= 15 is 0 Å². The monoisotopic (exact) mass is 288 g/mol. The van der Waals surface area contributed by atoms with E-state index in [9.17, 15) is 9.13 Å². The van der Waals surface area contributed by atoms with E-state index in [-0.39, 0.29) is 22.9 Å². The van der Waals surface area contributed by atoms with Crippen molar-refractivity contribution in [3.8, 4) is 0 Å². The maximum atomic E-state index is 12.9. The van der Waals surface area contributed by atoms with Crippen molar-refractivity contribution in [3.05, 3.63) is 24.0 Å². The highest BCUT2D eigenvalue weighted by Gasteiger charge is 2.66. The summed E-state index contributed by atoms with van der Waals surface area (Å²) in [6.07, 6.45) is 5.84. The van der Waals surface area contributed by atoms with Crippen molar-refractivity contribution in [1.29, 1.82) is 0 Å². The Bertz CT molecular complexity index is 510. The highest BCUT2D eigenvalue weighted by Crippen LogP contribution is 2.80. The van der Waals surface area contributed by atoms with Gasteiger partial charge >= 0.3 is 0 Å². The van der Waals surface area contributed by atoms with Gasteiger partial charge in [-0.3, -0.25) is 9.13 Å². The first-order chi connectivity index (χ1) is 8.57. The number of fused-ring (bicyclic) bond motifs is 5. The topological polar surface area (TPSA) is 52.6 Å². The second-order valence-electron chi connectivity index (χ2n) is 4.90. The van der Waals surface area contributed by atoms with Gasteiger partial charge in [0.15, 0.2) is 0 Å². The third kappa shape index (κ3) is 1.47. The Morgan fingerprint density at radius 2 is 1.67 bits per heavy atom. The number of hydrogen-bond acceptors (Lipinski definition) is 4. The van der Waals surface area contributed by atoms with Crippen LogP contribution in [0.25, 0.3) is 0 Å². The van der Waals surface area contributed by atoms with Gasteiger partial charge in [-0.2, -0.15) is 0 Å². The number of hydrogen-bond donors (Lipinski definition) is 0. The second-order valence-corrected chi connectivity index (χ2v) is 10.1. The van der Waals surface area contributed by atoms with Gasteiger partial charge in [-0.15, -0.1) is 0 Å². The highest BCUT2D eigenvalue weighted by atomic mass is 31.2. The smallest absolute Gasteiger partial charge is 0.229 e. The summed E-state index contributed by atoms with van der Waals surface area (Å²) in [4.78, 5) is 0. The van der Waals surface area contributed by atoms with Crippen molar-refractivity contribution >= 4 is 14.7 Å². The van der Waals surface area contributed by atoms with Gasteiger partial charge in [0.1, 0.15) is 0 Å². The fourth-order valence-corrected chi connectivity index (χ4v) is 10.5. The van der Waals surface area contributed by atoms with Crippen LogP contribution >= 0.6 is 14.7 Å². The van der Waals surface area contributed by atoms with Gasteiger partial charge in [0.25, 0.3) is 0 Å². The van der Waals surface area contributed by atoms with E-state index in [4.69, 9.17) is 9.05 Å². The molecule has 3 rings (SSSR count). The lowest BCUT2D eigenvalue weighted by Gasteiger charge is -2.24. The zero-order valence-corrected chi connectivity index (χ0v) is 12.3. The van der Waals surface area contributed by atoms with Crippen LogP contribution in [-0.2, 0) is 18.2 Å². The summed E-state index contributed by atoms with van der Waals surface area (Å²) in [5.74, 6) is 1.78. The zero-order chi connectivity index (χ0) is 13.0. The minimum Gasteiger partial charge on any atom is -0.328 e. The quantitative estimate of drug-likeness (QED) is 0.587. The average molecular weight is 288 g/mol. The predicted octanol–water partition coefficient (Wildman–Crippen LogP) is 3.45. The molecular formula is C12H18O4P2. The van der Waals surface area contributed by atoms with E-state index in [1.165, 1.54) is 0 Å². The van der Waals surface area contributed by atoms with E-state index in [1.807, 2.05) is 32.1 Å². The van der Waals surface area contributed by atoms with Crippen LogP contribution in [-0.4, -0.2) is 30.2 Å². The van der Waals surface area contributed by atoms with Crippen LogP contribution in [0.3, 0.4) is 0 Å². The molecule has 3 heterocycles. The summed E-state index contributed by atoms with van der Waals surface area (Å²) in [5.41, 5.74) is -0.482. The molecule has 0 saturated carbocycles. The molecule has 2 bridgehead atoms. The van der Waals surface area contributed by atoms with Crippen LogP contribution in [0.2, 0.25) is 0 Å². The van der Waals surface area contributed by atoms with Gasteiger partial charge in [0.05, 0.1) is 30.2 Å². The van der Waals surface area contributed by atoms with Crippen molar-refractivity contribution in [2.24, 2.45) is 5.92 Å². The van der Waals surface area contributed by atoms with E-state index < -0.39 is 14.7 Å². The molecule has 0 spiro atoms. The summed E-state index contributed by atoms with van der Waals surface area (Å²) >= 11 is 0. The van der Waals surface area contributed by atoms with Gasteiger partial charge in [0.2, 0.25) is 14.7 Å². The normalized spacial score (nSPS) is 52.1. The second kappa shape index (κ2) is 4.18. The molecule has 1 saturated heterocycles. The van der Waals surface area contributed by atoms with Crippen molar-refractivity contribution in [2.45, 2.75) is 30.8 Å². The molecule has 0 aromatic carbocycles. The van der Waals surface area contributed by atoms with Crippen LogP contribution in [0.5, 0.6) is 0 Å². The molecule has 0 aromatic rings. The molecule has 6 atom stereocenters. The molecule has 6 heteroatoms. The number of allylic oxidation sites excluding steroid dienone is 3. The maximum absolute atomic E-state index is 12.9. The van der Waals surface area contributed by atoms with Gasteiger partial charge in [0, 0.05) is 5.92 Å². The molecule has 0 aliphatic carbocycles. The fourth-order valence-electron chi connectivity index (χ4n) is 3.50. The highest BCUT2D eigenvalue weighted by molar-refractivity contribution is 7.68. The van der Waals surface area contributed by atoms with Crippen LogP contribution in [0.15, 0.2) is 24.0 Å². The molecule has 1 unspecified atom stereocenters. The van der Waals surface area contributed by atoms with Gasteiger partial charge in [-0.1, -0.05) is 18.2 Å². The summed E-state index contributed by atoms with van der Waals surface area (Å²) in [6.45, 7) is 4.55. The lowest BCUT2D eigenvalue weighted by molar-refractivity contribution is 0.326. The summed E-state index contributed by atoms with van der Waals surface area (Å²) in [7, 11) is -5.54. The molecule has 0 aromatic heterocycles. The molecule has 4 nitrogen and oxygen atoms in total. The Balaban J connectivity index is 1.99. The van der Waals surface area contributed by atoms with E-state index in [0.29, 0.717) is 13.2 Å². The van der Waals surface area contributed by atoms with E-state index in [2.05, 4.69) is 0 Å². The Labute approximate surface area is 107 Å². The average Bonchev–Trinajstić information content (AvgIpc) is 2.89. The first kappa shape index (κ1) is 12.9. The van der Waals surface area contributed by atoms with Crippen molar-refractivity contribution in [1.82, 2.24) is 0 Å². The number of rotatable bonds is 4. The molecular weight excluding hydrogens is 270 g/mol. The Morgan fingerprint density at radius 1 is 1.00 bits per heavy atom. The molecule has 3 aliphatic rings. The van der Waals surface area contributed by atoms with Crippen LogP contribution < -0.4 is 0 Å². The molecule has 1 fully saturated rings. The Hall–Kier alpha value is -0.140. The van der Waals surface area contributed by atoms with Crippen molar-refractivity contribution in [3.63, 3.8) is 0 Å². The van der Waals surface area contributed by atoms with Gasteiger partial charge < -0.3 is 9.05 Å². The third-order valence-electron chi connectivity index (χ3n) is 4.07. The van der Waals surface area contributed by atoms with Crippen LogP contribution in [0.4, 0.5) is 0 Å². The molecule has 0 radical (unpaired) electrons. The minimum absolute atomic E-state index is 0.0646. The van der Waals surface area contributed by atoms with Crippen LogP contribution in [0.1, 0.15) is 13.8 Å². The molecule has 0 amide bonds. The molecule has 18 heavy (non-hydrogen) atoms. The third-order valence-corrected chi connectivity index (χ3v) is 10.4. The molecule has 100 valence electrons. The molecule has 0 N–H and O–H groups in total. The lowest BCUT2D eigenvalue weighted by Crippen LogP contribution is -2.25. The van der Waals surface area contributed by atoms with E-state index in [1.54, 1.807) is 5.82 Å². The summed E-state index contributed by atoms with van der Waals surface area (Å²) in [6, 6.07) is 0. The first-order valence-electron chi connectivity index (χ1n) is 6.42. The Kier molecular flexibility index (Phi) is 2.99. The van der Waals surface area contributed by atoms with Crippen molar-refractivity contribution in [2.75, 3.05) is 13.2 Å². The SMILES string of the molecule is CCOP1(=O)[C@@H]2C=C[C@H]1[C@@H]1[C@H]2C=C[P@@]1(=O)OCC. The van der Waals surface area contributed by atoms with E-state index in [0.717, 1.165) is 0 Å². The van der Waals surface area contributed by atoms with Gasteiger partial charge in [-0.05, 0) is 19.7 Å².